The quantitative estimate of drug-likeness (QED) is 0.863. The maximum atomic E-state index is 13.0. The molecule has 2 rings (SSSR count). The third-order valence-corrected chi connectivity index (χ3v) is 4.63. The van der Waals surface area contributed by atoms with Crippen LogP contribution >= 0.6 is 0 Å². The van der Waals surface area contributed by atoms with Crippen molar-refractivity contribution in [3.63, 3.8) is 0 Å². The van der Waals surface area contributed by atoms with E-state index in [0.29, 0.717) is 22.3 Å². The van der Waals surface area contributed by atoms with E-state index >= 15 is 0 Å². The van der Waals surface area contributed by atoms with Gasteiger partial charge in [0.1, 0.15) is 0 Å². The number of benzene rings is 1. The van der Waals surface area contributed by atoms with Crippen LogP contribution in [0.3, 0.4) is 0 Å². The van der Waals surface area contributed by atoms with Gasteiger partial charge in [-0.05, 0) is 41.2 Å². The average molecular weight is 322 g/mol. The van der Waals surface area contributed by atoms with Gasteiger partial charge in [0.2, 0.25) is 16.0 Å². The number of primary sulfonamides is 1. The van der Waals surface area contributed by atoms with Crippen molar-refractivity contribution in [1.82, 2.24) is 4.98 Å². The molecule has 1 aromatic carbocycles. The number of halogens is 1. The SMILES string of the molecule is Cc1c(-c2ccc(F)nc2)ccc(C(C)(C)C)c1S(N)(=O)=O. The van der Waals surface area contributed by atoms with Crippen molar-refractivity contribution in [2.24, 2.45) is 5.14 Å². The van der Waals surface area contributed by atoms with Gasteiger partial charge < -0.3 is 0 Å². The first-order chi connectivity index (χ1) is 10.0. The summed E-state index contributed by atoms with van der Waals surface area (Å²) >= 11 is 0. The van der Waals surface area contributed by atoms with Gasteiger partial charge in [-0.3, -0.25) is 0 Å². The maximum absolute atomic E-state index is 13.0. The van der Waals surface area contributed by atoms with Gasteiger partial charge in [0.05, 0.1) is 4.90 Å². The lowest BCUT2D eigenvalue weighted by Gasteiger charge is -2.24. The topological polar surface area (TPSA) is 73.0 Å². The zero-order valence-electron chi connectivity index (χ0n) is 13.0. The van der Waals surface area contributed by atoms with Crippen LogP contribution in [0.15, 0.2) is 35.4 Å². The fraction of sp³-hybridized carbons (Fsp3) is 0.312. The molecule has 1 heterocycles. The Labute approximate surface area is 130 Å². The first kappa shape index (κ1) is 16.6. The van der Waals surface area contributed by atoms with Gasteiger partial charge in [-0.25, -0.2) is 18.5 Å². The zero-order chi connectivity index (χ0) is 16.7. The van der Waals surface area contributed by atoms with Crippen LogP contribution in [-0.4, -0.2) is 13.4 Å². The van der Waals surface area contributed by atoms with E-state index in [2.05, 4.69) is 4.98 Å². The molecule has 6 heteroatoms. The third kappa shape index (κ3) is 3.18. The van der Waals surface area contributed by atoms with Crippen molar-refractivity contribution in [2.45, 2.75) is 38.0 Å². The second-order valence-electron chi connectivity index (χ2n) is 6.28. The summed E-state index contributed by atoms with van der Waals surface area (Å²) in [5, 5.41) is 5.42. The molecule has 22 heavy (non-hydrogen) atoms. The summed E-state index contributed by atoms with van der Waals surface area (Å²) in [4.78, 5) is 3.74. The lowest BCUT2D eigenvalue weighted by Crippen LogP contribution is -2.22. The van der Waals surface area contributed by atoms with Crippen molar-refractivity contribution >= 4 is 10.0 Å². The van der Waals surface area contributed by atoms with Crippen molar-refractivity contribution in [3.8, 4) is 11.1 Å². The molecule has 0 bridgehead atoms. The predicted molar refractivity (Wildman–Crippen MR) is 84.4 cm³/mol. The lowest BCUT2D eigenvalue weighted by atomic mass is 9.84. The van der Waals surface area contributed by atoms with E-state index in [4.69, 9.17) is 5.14 Å². The number of pyridine rings is 1. The number of rotatable bonds is 2. The molecule has 0 unspecified atom stereocenters. The average Bonchev–Trinajstić information content (AvgIpc) is 2.37. The second-order valence-corrected chi connectivity index (χ2v) is 7.78. The molecular weight excluding hydrogens is 303 g/mol. The lowest BCUT2D eigenvalue weighted by molar-refractivity contribution is 0.560. The fourth-order valence-electron chi connectivity index (χ4n) is 2.50. The number of hydrogen-bond acceptors (Lipinski definition) is 3. The van der Waals surface area contributed by atoms with Crippen molar-refractivity contribution < 1.29 is 12.8 Å². The van der Waals surface area contributed by atoms with Gasteiger partial charge in [-0.2, -0.15) is 4.39 Å². The first-order valence-electron chi connectivity index (χ1n) is 6.80. The summed E-state index contributed by atoms with van der Waals surface area (Å²) in [6, 6.07) is 6.38. The van der Waals surface area contributed by atoms with Crippen LogP contribution in [-0.2, 0) is 15.4 Å². The molecule has 1 aromatic heterocycles. The zero-order valence-corrected chi connectivity index (χ0v) is 13.8. The number of hydrogen-bond donors (Lipinski definition) is 1. The molecule has 2 N–H and O–H groups in total. The van der Waals surface area contributed by atoms with E-state index in [1.54, 1.807) is 19.1 Å². The predicted octanol–water partition coefficient (Wildman–Crippen LogP) is 3.14. The number of nitrogens with zero attached hydrogens (tertiary/aromatic N) is 1. The highest BCUT2D eigenvalue weighted by Crippen LogP contribution is 2.35. The minimum Gasteiger partial charge on any atom is -0.228 e. The standard InChI is InChI=1S/C16H19FN2O2S/c1-10-12(11-5-8-14(17)19-9-11)6-7-13(16(2,3)4)15(10)22(18,20)21/h5-9H,1-4H3,(H2,18,20,21). The highest BCUT2D eigenvalue weighted by atomic mass is 32.2. The normalized spacial score (nSPS) is 12.5. The Kier molecular flexibility index (Phi) is 4.10. The summed E-state index contributed by atoms with van der Waals surface area (Å²) in [5.74, 6) is -0.584. The minimum atomic E-state index is -3.88. The summed E-state index contributed by atoms with van der Waals surface area (Å²) in [5.41, 5.74) is 2.15. The van der Waals surface area contributed by atoms with Crippen LogP contribution in [0.2, 0.25) is 0 Å². The van der Waals surface area contributed by atoms with Gasteiger partial charge in [0.15, 0.2) is 0 Å². The van der Waals surface area contributed by atoms with Crippen molar-refractivity contribution in [3.05, 3.63) is 47.5 Å². The van der Waals surface area contributed by atoms with Crippen LogP contribution in [0.4, 0.5) is 4.39 Å². The fourth-order valence-corrected chi connectivity index (χ4v) is 3.71. The molecule has 0 saturated heterocycles. The van der Waals surface area contributed by atoms with E-state index in [9.17, 15) is 12.8 Å². The van der Waals surface area contributed by atoms with Crippen LogP contribution in [0.25, 0.3) is 11.1 Å². The number of aromatic nitrogens is 1. The minimum absolute atomic E-state index is 0.127. The molecule has 4 nitrogen and oxygen atoms in total. The number of nitrogens with two attached hydrogens (primary N) is 1. The maximum Gasteiger partial charge on any atom is 0.238 e. The smallest absolute Gasteiger partial charge is 0.228 e. The van der Waals surface area contributed by atoms with Gasteiger partial charge in [0, 0.05) is 11.8 Å². The highest BCUT2D eigenvalue weighted by molar-refractivity contribution is 7.89. The molecular formula is C16H19FN2O2S. The summed E-state index contributed by atoms with van der Waals surface area (Å²) in [6.45, 7) is 7.48. The molecule has 2 aromatic rings. The van der Waals surface area contributed by atoms with Crippen LogP contribution in [0.5, 0.6) is 0 Å². The summed E-state index contributed by atoms with van der Waals surface area (Å²) in [6.07, 6.45) is 1.38. The van der Waals surface area contributed by atoms with E-state index < -0.39 is 16.0 Å². The number of sulfonamides is 1. The molecule has 118 valence electrons. The molecule has 0 aliphatic carbocycles. The van der Waals surface area contributed by atoms with Crippen LogP contribution in [0, 0.1) is 12.9 Å². The van der Waals surface area contributed by atoms with Crippen LogP contribution in [0.1, 0.15) is 31.9 Å². The van der Waals surface area contributed by atoms with Gasteiger partial charge in [-0.1, -0.05) is 32.9 Å². The highest BCUT2D eigenvalue weighted by Gasteiger charge is 2.26. The summed E-state index contributed by atoms with van der Waals surface area (Å²) < 4.78 is 37.1. The van der Waals surface area contributed by atoms with E-state index in [0.717, 1.165) is 0 Å². The molecule has 0 saturated carbocycles. The second kappa shape index (κ2) is 5.44. The molecule has 0 fully saturated rings. The largest absolute Gasteiger partial charge is 0.238 e. The van der Waals surface area contributed by atoms with Gasteiger partial charge in [0.25, 0.3) is 0 Å². The van der Waals surface area contributed by atoms with E-state index in [1.807, 2.05) is 26.8 Å². The van der Waals surface area contributed by atoms with Crippen LogP contribution < -0.4 is 5.14 Å². The molecule has 0 radical (unpaired) electrons. The van der Waals surface area contributed by atoms with E-state index in [-0.39, 0.29) is 10.3 Å². The summed E-state index contributed by atoms with van der Waals surface area (Å²) in [7, 11) is -3.88. The van der Waals surface area contributed by atoms with Crippen molar-refractivity contribution in [2.75, 3.05) is 0 Å². The van der Waals surface area contributed by atoms with Gasteiger partial charge >= 0.3 is 0 Å². The molecule has 0 spiro atoms. The Morgan fingerprint density at radius 3 is 2.23 bits per heavy atom. The molecule has 0 atom stereocenters. The van der Waals surface area contributed by atoms with Crippen molar-refractivity contribution in [1.29, 1.82) is 0 Å². The van der Waals surface area contributed by atoms with E-state index in [1.165, 1.54) is 12.3 Å². The molecule has 0 aliphatic rings. The van der Waals surface area contributed by atoms with Gasteiger partial charge in [-0.15, -0.1) is 0 Å². The molecule has 0 aliphatic heterocycles. The monoisotopic (exact) mass is 322 g/mol. The Hall–Kier alpha value is -1.79. The Bertz CT molecular complexity index is 807. The molecule has 0 amide bonds. The Morgan fingerprint density at radius 1 is 1.14 bits per heavy atom. The first-order valence-corrected chi connectivity index (χ1v) is 8.35. The third-order valence-electron chi connectivity index (χ3n) is 3.54. The Morgan fingerprint density at radius 2 is 1.77 bits per heavy atom. The Balaban J connectivity index is 2.79.